The second-order valence-corrected chi connectivity index (χ2v) is 3.97. The molecule has 0 unspecified atom stereocenters. The van der Waals surface area contributed by atoms with Crippen molar-refractivity contribution in [3.05, 3.63) is 35.4 Å². The molecule has 5 nitrogen and oxygen atoms in total. The quantitative estimate of drug-likeness (QED) is 0.746. The maximum absolute atomic E-state index is 10.5. The van der Waals surface area contributed by atoms with Gasteiger partial charge in [0.2, 0.25) is 0 Å². The highest BCUT2D eigenvalue weighted by Gasteiger charge is 2.13. The first kappa shape index (κ1) is 14.2. The third-order valence-electron chi connectivity index (χ3n) is 2.59. The summed E-state index contributed by atoms with van der Waals surface area (Å²) in [6.07, 6.45) is 4.22. The lowest BCUT2D eigenvalue weighted by molar-refractivity contribution is 0.0651. The fraction of sp³-hybridized carbons (Fsp3) is 0.385. The number of carbonyl (C=O) groups is 2. The van der Waals surface area contributed by atoms with Gasteiger partial charge in [-0.3, -0.25) is 0 Å². The maximum Gasteiger partial charge on any atom is 0.336 e. The summed E-state index contributed by atoms with van der Waals surface area (Å²) >= 11 is 0. The first-order valence-electron chi connectivity index (χ1n) is 5.89. The summed E-state index contributed by atoms with van der Waals surface area (Å²) in [6.45, 7) is 2.50. The van der Waals surface area contributed by atoms with E-state index >= 15 is 0 Å². The molecule has 2 rings (SSSR count). The summed E-state index contributed by atoms with van der Waals surface area (Å²) in [6, 6.07) is 5.48. The van der Waals surface area contributed by atoms with Crippen LogP contribution in [0.4, 0.5) is 0 Å². The number of benzene rings is 1. The van der Waals surface area contributed by atoms with Crippen LogP contribution in [0.2, 0.25) is 0 Å². The summed E-state index contributed by atoms with van der Waals surface area (Å²) in [7, 11) is 0. The summed E-state index contributed by atoms with van der Waals surface area (Å²) in [5, 5.41) is 20.4. The number of carboxylic acid groups (broad SMARTS) is 2. The van der Waals surface area contributed by atoms with E-state index in [0.717, 1.165) is 0 Å². The van der Waals surface area contributed by atoms with Crippen molar-refractivity contribution in [2.24, 2.45) is 0 Å². The van der Waals surface area contributed by atoms with Crippen LogP contribution in [0.3, 0.4) is 0 Å². The molecule has 3 N–H and O–H groups in total. The van der Waals surface area contributed by atoms with Gasteiger partial charge in [-0.05, 0) is 38.1 Å². The van der Waals surface area contributed by atoms with E-state index in [2.05, 4.69) is 5.32 Å². The minimum atomic E-state index is -1.23. The zero-order chi connectivity index (χ0) is 13.4. The van der Waals surface area contributed by atoms with Crippen LogP contribution in [-0.2, 0) is 0 Å². The lowest BCUT2D eigenvalue weighted by Crippen LogP contribution is -2.21. The molecular formula is C13H17NO4. The Hall–Kier alpha value is -1.88. The predicted molar refractivity (Wildman–Crippen MR) is 67.1 cm³/mol. The number of aromatic carboxylic acids is 2. The average Bonchev–Trinajstić information content (AvgIpc) is 2.41. The Bertz CT molecular complexity index is 369. The molecule has 1 heterocycles. The molecule has 0 bridgehead atoms. The molecule has 1 aliphatic heterocycles. The number of carboxylic acids is 2. The predicted octanol–water partition coefficient (Wildman–Crippen LogP) is 1.84. The molecule has 0 aliphatic carbocycles. The average molecular weight is 251 g/mol. The maximum atomic E-state index is 10.5. The van der Waals surface area contributed by atoms with Gasteiger partial charge in [-0.25, -0.2) is 9.59 Å². The molecule has 5 heteroatoms. The minimum Gasteiger partial charge on any atom is -0.478 e. The Morgan fingerprint density at radius 3 is 1.56 bits per heavy atom. The number of hydrogen-bond donors (Lipinski definition) is 3. The molecule has 18 heavy (non-hydrogen) atoms. The highest BCUT2D eigenvalue weighted by Crippen LogP contribution is 2.07. The largest absolute Gasteiger partial charge is 0.478 e. The Morgan fingerprint density at radius 1 is 0.889 bits per heavy atom. The molecule has 98 valence electrons. The molecule has 0 amide bonds. The normalized spacial score (nSPS) is 14.2. The number of nitrogens with one attached hydrogen (secondary N) is 1. The van der Waals surface area contributed by atoms with Crippen LogP contribution in [0.15, 0.2) is 24.3 Å². The van der Waals surface area contributed by atoms with Crippen LogP contribution in [0.25, 0.3) is 0 Å². The number of rotatable bonds is 2. The van der Waals surface area contributed by atoms with E-state index in [9.17, 15) is 9.59 Å². The molecule has 1 aliphatic rings. The van der Waals surface area contributed by atoms with Gasteiger partial charge in [-0.1, -0.05) is 18.6 Å². The minimum absolute atomic E-state index is 0.190. The number of hydrogen-bond acceptors (Lipinski definition) is 3. The third kappa shape index (κ3) is 4.55. The van der Waals surface area contributed by atoms with Crippen LogP contribution in [0.5, 0.6) is 0 Å². The molecule has 1 aromatic rings. The van der Waals surface area contributed by atoms with Gasteiger partial charge in [0.05, 0.1) is 11.1 Å². The molecule has 1 fully saturated rings. The van der Waals surface area contributed by atoms with Crippen LogP contribution >= 0.6 is 0 Å². The summed E-state index contributed by atoms with van der Waals surface area (Å²) in [5.41, 5.74) is -0.380. The van der Waals surface area contributed by atoms with Crippen molar-refractivity contribution in [1.29, 1.82) is 0 Å². The number of piperidine rings is 1. The molecule has 0 atom stereocenters. The fourth-order valence-electron chi connectivity index (χ4n) is 1.66. The van der Waals surface area contributed by atoms with E-state index < -0.39 is 11.9 Å². The van der Waals surface area contributed by atoms with Crippen LogP contribution in [0, 0.1) is 0 Å². The summed E-state index contributed by atoms with van der Waals surface area (Å²) in [5.74, 6) is -2.46. The molecule has 0 saturated carbocycles. The van der Waals surface area contributed by atoms with Gasteiger partial charge >= 0.3 is 11.9 Å². The van der Waals surface area contributed by atoms with Crippen molar-refractivity contribution < 1.29 is 19.8 Å². The standard InChI is InChI=1S/C8H6O4.C5H11N/c9-7(10)5-3-1-2-4-6(5)8(11)12;1-2-4-6-5-3-1/h1-4H,(H,9,10)(H,11,12);6H,1-5H2. The van der Waals surface area contributed by atoms with Gasteiger partial charge in [0.15, 0.2) is 0 Å². The lowest BCUT2D eigenvalue weighted by atomic mass is 10.1. The second-order valence-electron chi connectivity index (χ2n) is 3.97. The lowest BCUT2D eigenvalue weighted by Gasteiger charge is -2.08. The van der Waals surface area contributed by atoms with Gasteiger partial charge in [-0.2, -0.15) is 0 Å². The molecule has 0 radical (unpaired) electrons. The topological polar surface area (TPSA) is 86.6 Å². The van der Waals surface area contributed by atoms with E-state index in [1.807, 2.05) is 0 Å². The van der Waals surface area contributed by atoms with E-state index in [4.69, 9.17) is 10.2 Å². The van der Waals surface area contributed by atoms with Crippen molar-refractivity contribution >= 4 is 11.9 Å². The van der Waals surface area contributed by atoms with Gasteiger partial charge in [-0.15, -0.1) is 0 Å². The third-order valence-corrected chi connectivity index (χ3v) is 2.59. The highest BCUT2D eigenvalue weighted by molar-refractivity contribution is 6.01. The Kier molecular flexibility index (Phi) is 5.87. The highest BCUT2D eigenvalue weighted by atomic mass is 16.4. The second kappa shape index (κ2) is 7.45. The SMILES string of the molecule is C1CCNCC1.O=C(O)c1ccccc1C(=O)O. The monoisotopic (exact) mass is 251 g/mol. The fourth-order valence-corrected chi connectivity index (χ4v) is 1.66. The molecule has 1 aromatic carbocycles. The van der Waals surface area contributed by atoms with Gasteiger partial charge in [0.25, 0.3) is 0 Å². The summed E-state index contributed by atoms with van der Waals surface area (Å²) in [4.78, 5) is 20.9. The van der Waals surface area contributed by atoms with Crippen molar-refractivity contribution in [2.45, 2.75) is 19.3 Å². The van der Waals surface area contributed by atoms with Crippen LogP contribution < -0.4 is 5.32 Å². The smallest absolute Gasteiger partial charge is 0.336 e. The van der Waals surface area contributed by atoms with Crippen molar-refractivity contribution in [2.75, 3.05) is 13.1 Å². The van der Waals surface area contributed by atoms with E-state index in [1.165, 1.54) is 56.6 Å². The zero-order valence-electron chi connectivity index (χ0n) is 10.1. The molecule has 1 saturated heterocycles. The van der Waals surface area contributed by atoms with E-state index in [1.54, 1.807) is 0 Å². The van der Waals surface area contributed by atoms with Gasteiger partial charge in [0.1, 0.15) is 0 Å². The molecule has 0 spiro atoms. The van der Waals surface area contributed by atoms with Crippen LogP contribution in [0.1, 0.15) is 40.0 Å². The molecular weight excluding hydrogens is 234 g/mol. The van der Waals surface area contributed by atoms with Crippen LogP contribution in [-0.4, -0.2) is 35.2 Å². The van der Waals surface area contributed by atoms with Gasteiger partial charge in [0, 0.05) is 0 Å². The van der Waals surface area contributed by atoms with E-state index in [0.29, 0.717) is 0 Å². The Morgan fingerprint density at radius 2 is 1.33 bits per heavy atom. The van der Waals surface area contributed by atoms with Gasteiger partial charge < -0.3 is 15.5 Å². The van der Waals surface area contributed by atoms with E-state index in [-0.39, 0.29) is 11.1 Å². The zero-order valence-corrected chi connectivity index (χ0v) is 10.1. The van der Waals surface area contributed by atoms with Crippen molar-refractivity contribution in [3.63, 3.8) is 0 Å². The van der Waals surface area contributed by atoms with Crippen molar-refractivity contribution in [1.82, 2.24) is 5.32 Å². The van der Waals surface area contributed by atoms with Crippen molar-refractivity contribution in [3.8, 4) is 0 Å². The summed E-state index contributed by atoms with van der Waals surface area (Å²) < 4.78 is 0. The Labute approximate surface area is 105 Å². The first-order valence-corrected chi connectivity index (χ1v) is 5.89. The Balaban J connectivity index is 0.000000225. The molecule has 0 aromatic heterocycles. The first-order chi connectivity index (χ1) is 8.63.